The van der Waals surface area contributed by atoms with Crippen molar-refractivity contribution in [1.82, 2.24) is 0 Å². The van der Waals surface area contributed by atoms with Crippen LogP contribution < -0.4 is 31.1 Å². The molecule has 11 rings (SSSR count). The van der Waals surface area contributed by atoms with E-state index in [0.717, 1.165) is 45.5 Å². The van der Waals surface area contributed by atoms with Gasteiger partial charge in [0.15, 0.2) is 0 Å². The third kappa shape index (κ3) is 8.34. The number of nitrogens with zero attached hydrogens (tertiary/aromatic N) is 3. The summed E-state index contributed by atoms with van der Waals surface area (Å²) >= 11 is 0. The Morgan fingerprint density at radius 1 is 0.440 bits per heavy atom. The van der Waals surface area contributed by atoms with Crippen molar-refractivity contribution in [3.8, 4) is 11.1 Å². The average molecular weight is 985 g/mol. The Hall–Kier alpha value is -6.78. The lowest BCUT2D eigenvalue weighted by Crippen LogP contribution is -2.62. The molecule has 0 saturated heterocycles. The molecular formula is C71H78BN3. The fourth-order valence-electron chi connectivity index (χ4n) is 12.3. The molecule has 2 heterocycles. The minimum Gasteiger partial charge on any atom is -0.311 e. The van der Waals surface area contributed by atoms with Gasteiger partial charge in [-0.15, -0.1) is 0 Å². The van der Waals surface area contributed by atoms with Crippen LogP contribution >= 0.6 is 0 Å². The highest BCUT2D eigenvalue weighted by Gasteiger charge is 2.50. The number of fused-ring (bicyclic) bond motifs is 8. The second-order valence-electron chi connectivity index (χ2n) is 27.5. The van der Waals surface area contributed by atoms with Gasteiger partial charge in [0.05, 0.1) is 7.06 Å². The van der Waals surface area contributed by atoms with E-state index in [-0.39, 0.29) is 33.8 Å². The Morgan fingerprint density at radius 2 is 0.867 bits per heavy atom. The molecule has 380 valence electrons. The molecule has 0 fully saturated rings. The minimum absolute atomic E-state index is 0.000591. The van der Waals surface area contributed by atoms with Crippen molar-refractivity contribution in [2.24, 2.45) is 0 Å². The first-order valence-electron chi connectivity index (χ1n) is 28.0. The van der Waals surface area contributed by atoms with Gasteiger partial charge < -0.3 is 14.7 Å². The van der Waals surface area contributed by atoms with E-state index in [1.165, 1.54) is 72.1 Å². The molecule has 3 nitrogen and oxygen atoms in total. The number of hydrogen-bond donors (Lipinski definition) is 0. The van der Waals surface area contributed by atoms with Crippen LogP contribution in [0, 0.1) is 0 Å². The number of benzene rings is 8. The third-order valence-electron chi connectivity index (χ3n) is 16.8. The summed E-state index contributed by atoms with van der Waals surface area (Å²) in [4.78, 5) is 7.58. The Morgan fingerprint density at radius 3 is 1.35 bits per heavy atom. The minimum atomic E-state index is -0.419. The molecule has 0 radical (unpaired) electrons. The zero-order valence-electron chi connectivity index (χ0n) is 48.9. The Bertz CT molecular complexity index is 3510. The maximum Gasteiger partial charge on any atom is 0.252 e. The predicted octanol–water partition coefficient (Wildman–Crippen LogP) is 18.0. The predicted molar refractivity (Wildman–Crippen MR) is 326 cm³/mol. The quantitative estimate of drug-likeness (QED) is 0.159. The zero-order valence-corrected chi connectivity index (χ0v) is 47.9. The molecule has 0 atom stereocenters. The smallest absolute Gasteiger partial charge is 0.252 e. The first-order valence-corrected chi connectivity index (χ1v) is 27.5. The van der Waals surface area contributed by atoms with Crippen LogP contribution in [0.15, 0.2) is 164 Å². The monoisotopic (exact) mass is 985 g/mol. The van der Waals surface area contributed by atoms with Crippen molar-refractivity contribution in [1.29, 1.82) is 0 Å². The lowest BCUT2D eigenvalue weighted by molar-refractivity contribution is 0.590. The second kappa shape index (κ2) is 17.1. The Balaban J connectivity index is 1.31. The van der Waals surface area contributed by atoms with E-state index in [2.05, 4.69) is 290 Å². The molecule has 0 unspecified atom stereocenters. The molecule has 2 aliphatic heterocycles. The number of hydrogen-bond acceptors (Lipinski definition) is 3. The molecule has 0 bridgehead atoms. The highest BCUT2D eigenvalue weighted by molar-refractivity contribution is 7.00. The van der Waals surface area contributed by atoms with Crippen LogP contribution in [-0.4, -0.2) is 6.71 Å². The van der Waals surface area contributed by atoms with E-state index in [9.17, 15) is 1.37 Å². The highest BCUT2D eigenvalue weighted by Crippen LogP contribution is 2.59. The summed E-state index contributed by atoms with van der Waals surface area (Å²) in [5, 5.41) is 0. The van der Waals surface area contributed by atoms with Gasteiger partial charge in [-0.05, 0) is 161 Å². The van der Waals surface area contributed by atoms with Crippen molar-refractivity contribution in [2.45, 2.75) is 150 Å². The van der Waals surface area contributed by atoms with Crippen LogP contribution in [0.4, 0.5) is 51.2 Å². The zero-order chi connectivity index (χ0) is 54.4. The van der Waals surface area contributed by atoms with E-state index in [0.29, 0.717) is 6.04 Å². The average Bonchev–Trinajstić information content (AvgIpc) is 3.61. The molecule has 8 aromatic carbocycles. The summed E-state index contributed by atoms with van der Waals surface area (Å²) in [6.07, 6.45) is 0. The maximum absolute atomic E-state index is 9.85. The SMILES string of the molecule is [2H]c1cc2c3c(c1)N(c1ccc(C(C)(C)C)cc1)c1c(cc(N(c4ccc(C(C)(C)C)cc4)c4ccc(C(C)(C)C)cc4)c4c1C(C)(C)c1ccccc1-4)B3c1cc(C(C)(C)C)ccc1N2c1ccc(C(C)(C)C)cc1. The van der Waals surface area contributed by atoms with Gasteiger partial charge in [-0.2, -0.15) is 0 Å². The Labute approximate surface area is 452 Å². The lowest BCUT2D eigenvalue weighted by Gasteiger charge is -2.46. The summed E-state index contributed by atoms with van der Waals surface area (Å²) in [6, 6.07) is 61.0. The van der Waals surface area contributed by atoms with Crippen molar-refractivity contribution >= 4 is 74.3 Å². The summed E-state index contributed by atoms with van der Waals surface area (Å²) < 4.78 is 9.85. The molecule has 4 heteroatoms. The van der Waals surface area contributed by atoms with Gasteiger partial charge in [-0.1, -0.05) is 209 Å². The molecule has 0 saturated carbocycles. The topological polar surface area (TPSA) is 9.72 Å². The van der Waals surface area contributed by atoms with Crippen LogP contribution in [0.25, 0.3) is 11.1 Å². The van der Waals surface area contributed by atoms with Crippen molar-refractivity contribution in [3.05, 3.63) is 203 Å². The standard InChI is InChI=1S/C71H78BN3/c1-66(2,3)45-25-34-50(35-26-45)73(51-36-27-46(28-37-51)67(4,5)6)61-44-57-65(63-62(61)54-21-18-19-22-55(54)71(63,16)17)75(53-40-31-48(32-41-53)69(10,11)12)60-24-20-23-59-64(60)72(57)56-43-49(70(13,14)15)33-42-58(56)74(59)52-38-29-47(30-39-52)68(7,8)9/h18-44H,1-17H3/i20D. The van der Waals surface area contributed by atoms with E-state index < -0.39 is 5.41 Å². The first-order chi connectivity index (χ1) is 35.5. The molecule has 75 heavy (non-hydrogen) atoms. The summed E-state index contributed by atoms with van der Waals surface area (Å²) in [7, 11) is 0. The van der Waals surface area contributed by atoms with Gasteiger partial charge in [0.2, 0.25) is 0 Å². The maximum atomic E-state index is 9.85. The van der Waals surface area contributed by atoms with Crippen molar-refractivity contribution in [2.75, 3.05) is 14.7 Å². The van der Waals surface area contributed by atoms with Crippen LogP contribution in [0.1, 0.15) is 158 Å². The molecule has 0 amide bonds. The molecule has 3 aliphatic rings. The fourth-order valence-corrected chi connectivity index (χ4v) is 12.3. The van der Waals surface area contributed by atoms with Crippen molar-refractivity contribution < 1.29 is 1.37 Å². The van der Waals surface area contributed by atoms with E-state index in [1.54, 1.807) is 0 Å². The summed E-state index contributed by atoms with van der Waals surface area (Å²) in [6.45, 7) is 39.2. The highest BCUT2D eigenvalue weighted by atomic mass is 15.2. The molecular weight excluding hydrogens is 906 g/mol. The normalized spacial score (nSPS) is 14.9. The van der Waals surface area contributed by atoms with Crippen LogP contribution in [-0.2, 0) is 32.5 Å². The van der Waals surface area contributed by atoms with Crippen LogP contribution in [0.2, 0.25) is 0 Å². The van der Waals surface area contributed by atoms with E-state index in [1.807, 2.05) is 0 Å². The van der Waals surface area contributed by atoms with Crippen molar-refractivity contribution in [3.63, 3.8) is 0 Å². The van der Waals surface area contributed by atoms with Crippen LogP contribution in [0.3, 0.4) is 0 Å². The Kier molecular flexibility index (Phi) is 11.2. The number of rotatable bonds is 5. The number of anilines is 9. The third-order valence-corrected chi connectivity index (χ3v) is 16.8. The molecule has 0 aromatic heterocycles. The van der Waals surface area contributed by atoms with Gasteiger partial charge in [0.1, 0.15) is 0 Å². The molecule has 0 spiro atoms. The largest absolute Gasteiger partial charge is 0.311 e. The summed E-state index contributed by atoms with van der Waals surface area (Å²) in [5.74, 6) is 0. The van der Waals surface area contributed by atoms with Gasteiger partial charge >= 0.3 is 0 Å². The second-order valence-corrected chi connectivity index (χ2v) is 27.5. The molecule has 1 aliphatic carbocycles. The van der Waals surface area contributed by atoms with Gasteiger partial charge in [0, 0.05) is 56.5 Å². The van der Waals surface area contributed by atoms with Gasteiger partial charge in [-0.3, -0.25) is 0 Å². The van der Waals surface area contributed by atoms with Gasteiger partial charge in [0.25, 0.3) is 6.71 Å². The summed E-state index contributed by atoms with van der Waals surface area (Å²) in [5.41, 5.74) is 24.9. The molecule has 0 N–H and O–H groups in total. The van der Waals surface area contributed by atoms with Gasteiger partial charge in [-0.25, -0.2) is 0 Å². The first kappa shape index (κ1) is 49.1. The van der Waals surface area contributed by atoms with E-state index >= 15 is 0 Å². The van der Waals surface area contributed by atoms with Crippen LogP contribution in [0.5, 0.6) is 0 Å². The lowest BCUT2D eigenvalue weighted by atomic mass is 9.33. The van der Waals surface area contributed by atoms with E-state index in [4.69, 9.17) is 0 Å². The fraction of sp³-hybridized carbons (Fsp3) is 0.324. The molecule has 8 aromatic rings.